The maximum atomic E-state index is 12.2. The average molecular weight is 321 g/mol. The molecule has 4 N–H and O–H groups in total. The Bertz CT molecular complexity index is 584. The van der Waals surface area contributed by atoms with Crippen molar-refractivity contribution >= 4 is 27.3 Å². The summed E-state index contributed by atoms with van der Waals surface area (Å²) >= 11 is 5.97. The van der Waals surface area contributed by atoms with Crippen LogP contribution >= 0.6 is 11.6 Å². The molecule has 0 saturated heterocycles. The molecule has 0 saturated carbocycles. The van der Waals surface area contributed by atoms with Gasteiger partial charge in [-0.25, -0.2) is 13.1 Å². The van der Waals surface area contributed by atoms with E-state index in [-0.39, 0.29) is 16.5 Å². The molecule has 20 heavy (non-hydrogen) atoms. The maximum absolute atomic E-state index is 12.2. The molecule has 0 aliphatic heterocycles. The molecule has 1 aromatic rings. The van der Waals surface area contributed by atoms with Gasteiger partial charge in [0.15, 0.2) is 0 Å². The van der Waals surface area contributed by atoms with Crippen molar-refractivity contribution in [3.8, 4) is 0 Å². The summed E-state index contributed by atoms with van der Waals surface area (Å²) in [7, 11) is -3.81. The summed E-state index contributed by atoms with van der Waals surface area (Å²) in [4.78, 5) is -0.0724. The van der Waals surface area contributed by atoms with E-state index in [2.05, 4.69) is 4.72 Å². The second kappa shape index (κ2) is 6.30. The van der Waals surface area contributed by atoms with Crippen molar-refractivity contribution in [2.75, 3.05) is 12.3 Å². The molecule has 0 spiro atoms. The normalized spacial score (nSPS) is 12.7. The average Bonchev–Trinajstić information content (AvgIpc) is 2.40. The predicted molar refractivity (Wildman–Crippen MR) is 81.3 cm³/mol. The third-order valence-electron chi connectivity index (χ3n) is 3.52. The molecule has 1 aromatic carbocycles. The lowest BCUT2D eigenvalue weighted by Gasteiger charge is -2.25. The van der Waals surface area contributed by atoms with E-state index in [0.717, 1.165) is 0 Å². The Hall–Kier alpha value is -0.820. The number of rotatable bonds is 6. The van der Waals surface area contributed by atoms with Crippen molar-refractivity contribution in [1.29, 1.82) is 0 Å². The SMILES string of the molecule is CCC(O)(CC)CNS(=O)(=O)c1cc(N)c(C)cc1Cl. The molecular weight excluding hydrogens is 300 g/mol. The highest BCUT2D eigenvalue weighted by Gasteiger charge is 2.26. The summed E-state index contributed by atoms with van der Waals surface area (Å²) < 4.78 is 26.9. The molecule has 5 nitrogen and oxygen atoms in total. The highest BCUT2D eigenvalue weighted by atomic mass is 35.5. The van der Waals surface area contributed by atoms with Gasteiger partial charge in [-0.1, -0.05) is 25.4 Å². The molecule has 0 aliphatic rings. The number of hydrogen-bond acceptors (Lipinski definition) is 4. The van der Waals surface area contributed by atoms with Crippen molar-refractivity contribution < 1.29 is 13.5 Å². The first-order chi connectivity index (χ1) is 9.15. The predicted octanol–water partition coefficient (Wildman–Crippen LogP) is 2.06. The number of nitrogen functional groups attached to an aromatic ring is 1. The van der Waals surface area contributed by atoms with Crippen LogP contribution in [-0.2, 0) is 10.0 Å². The molecule has 1 rings (SSSR count). The number of benzene rings is 1. The zero-order chi connectivity index (χ0) is 15.6. The van der Waals surface area contributed by atoms with E-state index in [1.165, 1.54) is 12.1 Å². The summed E-state index contributed by atoms with van der Waals surface area (Å²) in [6.45, 7) is 5.29. The van der Waals surface area contributed by atoms with Crippen molar-refractivity contribution in [1.82, 2.24) is 4.72 Å². The molecule has 0 atom stereocenters. The number of nitrogens with one attached hydrogen (secondary N) is 1. The van der Waals surface area contributed by atoms with Crippen molar-refractivity contribution in [2.45, 2.75) is 44.1 Å². The first-order valence-electron chi connectivity index (χ1n) is 6.43. The van der Waals surface area contributed by atoms with E-state index in [1.54, 1.807) is 20.8 Å². The van der Waals surface area contributed by atoms with Crippen LogP contribution in [-0.4, -0.2) is 25.7 Å². The van der Waals surface area contributed by atoms with E-state index in [0.29, 0.717) is 24.1 Å². The summed E-state index contributed by atoms with van der Waals surface area (Å²) in [6, 6.07) is 2.84. The molecule has 0 aromatic heterocycles. The molecule has 0 radical (unpaired) electrons. The molecule has 0 bridgehead atoms. The lowest BCUT2D eigenvalue weighted by atomic mass is 9.98. The van der Waals surface area contributed by atoms with E-state index < -0.39 is 15.6 Å². The van der Waals surface area contributed by atoms with Crippen LogP contribution in [0.5, 0.6) is 0 Å². The summed E-state index contributed by atoms with van der Waals surface area (Å²) in [6.07, 6.45) is 0.908. The topological polar surface area (TPSA) is 92.4 Å². The van der Waals surface area contributed by atoms with E-state index in [9.17, 15) is 13.5 Å². The standard InChI is InChI=1S/C13H21ClN2O3S/c1-4-13(17,5-2)8-16-20(18,19)12-7-11(15)9(3)6-10(12)14/h6-7,16-17H,4-5,8,15H2,1-3H3. The Kier molecular flexibility index (Phi) is 5.43. The molecule has 7 heteroatoms. The smallest absolute Gasteiger partial charge is 0.242 e. The van der Waals surface area contributed by atoms with Crippen molar-refractivity contribution in [2.24, 2.45) is 0 Å². The van der Waals surface area contributed by atoms with Crippen LogP contribution in [0.15, 0.2) is 17.0 Å². The minimum atomic E-state index is -3.81. The quantitative estimate of drug-likeness (QED) is 0.699. The van der Waals surface area contributed by atoms with Gasteiger partial charge in [-0.05, 0) is 37.5 Å². The first-order valence-corrected chi connectivity index (χ1v) is 8.29. The lowest BCUT2D eigenvalue weighted by molar-refractivity contribution is 0.0377. The van der Waals surface area contributed by atoms with Crippen LogP contribution in [0.4, 0.5) is 5.69 Å². The number of halogens is 1. The molecule has 0 amide bonds. The van der Waals surface area contributed by atoms with Gasteiger partial charge in [-0.3, -0.25) is 0 Å². The van der Waals surface area contributed by atoms with Crippen molar-refractivity contribution in [3.63, 3.8) is 0 Å². The van der Waals surface area contributed by atoms with Crippen LogP contribution in [0.1, 0.15) is 32.3 Å². The highest BCUT2D eigenvalue weighted by Crippen LogP contribution is 2.27. The fourth-order valence-electron chi connectivity index (χ4n) is 1.68. The fourth-order valence-corrected chi connectivity index (χ4v) is 3.42. The summed E-state index contributed by atoms with van der Waals surface area (Å²) in [5, 5.41) is 10.2. The molecule has 114 valence electrons. The lowest BCUT2D eigenvalue weighted by Crippen LogP contribution is -2.42. The summed E-state index contributed by atoms with van der Waals surface area (Å²) in [5.41, 5.74) is 5.73. The number of hydrogen-bond donors (Lipinski definition) is 3. The Morgan fingerprint density at radius 2 is 1.90 bits per heavy atom. The van der Waals surface area contributed by atoms with Gasteiger partial charge in [-0.15, -0.1) is 0 Å². The van der Waals surface area contributed by atoms with Gasteiger partial charge in [0.1, 0.15) is 4.90 Å². The molecule has 0 heterocycles. The van der Waals surface area contributed by atoms with Gasteiger partial charge in [0.2, 0.25) is 10.0 Å². The van der Waals surface area contributed by atoms with Crippen LogP contribution in [0.25, 0.3) is 0 Å². The number of nitrogens with two attached hydrogens (primary N) is 1. The second-order valence-electron chi connectivity index (χ2n) is 4.90. The highest BCUT2D eigenvalue weighted by molar-refractivity contribution is 7.89. The molecule has 0 aliphatic carbocycles. The fraction of sp³-hybridized carbons (Fsp3) is 0.538. The van der Waals surface area contributed by atoms with Crippen molar-refractivity contribution in [3.05, 3.63) is 22.7 Å². The van der Waals surface area contributed by atoms with Gasteiger partial charge in [0, 0.05) is 12.2 Å². The summed E-state index contributed by atoms with van der Waals surface area (Å²) in [5.74, 6) is 0. The zero-order valence-electron chi connectivity index (χ0n) is 11.9. The third-order valence-corrected chi connectivity index (χ3v) is 5.38. The molecular formula is C13H21ClN2O3S. The van der Waals surface area contributed by atoms with Crippen LogP contribution in [0, 0.1) is 6.92 Å². The van der Waals surface area contributed by atoms with E-state index in [1.807, 2.05) is 0 Å². The number of aryl methyl sites for hydroxylation is 1. The maximum Gasteiger partial charge on any atom is 0.242 e. The molecule has 0 unspecified atom stereocenters. The largest absolute Gasteiger partial charge is 0.398 e. The Labute approximate surface area is 125 Å². The minimum Gasteiger partial charge on any atom is -0.398 e. The number of sulfonamides is 1. The van der Waals surface area contributed by atoms with Gasteiger partial charge in [0.25, 0.3) is 0 Å². The zero-order valence-corrected chi connectivity index (χ0v) is 13.5. The third kappa shape index (κ3) is 3.85. The number of aliphatic hydroxyl groups is 1. The monoisotopic (exact) mass is 320 g/mol. The Balaban J connectivity index is 3.04. The number of anilines is 1. The minimum absolute atomic E-state index is 0.0631. The Morgan fingerprint density at radius 1 is 1.35 bits per heavy atom. The Morgan fingerprint density at radius 3 is 2.40 bits per heavy atom. The molecule has 0 fully saturated rings. The van der Waals surface area contributed by atoms with Gasteiger partial charge in [0.05, 0.1) is 10.6 Å². The van der Waals surface area contributed by atoms with Crippen LogP contribution in [0.2, 0.25) is 5.02 Å². The van der Waals surface area contributed by atoms with E-state index in [4.69, 9.17) is 17.3 Å². The van der Waals surface area contributed by atoms with Crippen LogP contribution in [0.3, 0.4) is 0 Å². The van der Waals surface area contributed by atoms with Gasteiger partial charge in [-0.2, -0.15) is 0 Å². The second-order valence-corrected chi connectivity index (χ2v) is 7.04. The first kappa shape index (κ1) is 17.2. The van der Waals surface area contributed by atoms with E-state index >= 15 is 0 Å². The van der Waals surface area contributed by atoms with Crippen LogP contribution < -0.4 is 10.5 Å². The van der Waals surface area contributed by atoms with Gasteiger partial charge >= 0.3 is 0 Å². The van der Waals surface area contributed by atoms with Gasteiger partial charge < -0.3 is 10.8 Å².